The number of unbranched alkanes of at least 4 members (excludes halogenated alkanes) is 4. The molecule has 0 saturated carbocycles. The standard InChI is InChI=1S/C30H38/c1-3-5-7-9-25-11-13-27(14-12-25)15-16-28-19-23-30(24-20-28)29-21-17-26(18-22-29)10-8-6-4-2/h13,17-25H,3-12,14H2,1-2H3. The monoisotopic (exact) mass is 398 g/mol. The Bertz CT molecular complexity index is 840. The third-order valence-corrected chi connectivity index (χ3v) is 6.34. The van der Waals surface area contributed by atoms with Crippen molar-refractivity contribution < 1.29 is 0 Å². The average molecular weight is 399 g/mol. The van der Waals surface area contributed by atoms with Gasteiger partial charge in [-0.3, -0.25) is 0 Å². The molecule has 0 amide bonds. The van der Waals surface area contributed by atoms with Gasteiger partial charge in [0.1, 0.15) is 0 Å². The van der Waals surface area contributed by atoms with Crippen molar-refractivity contribution in [1.29, 1.82) is 0 Å². The normalized spacial score (nSPS) is 15.9. The summed E-state index contributed by atoms with van der Waals surface area (Å²) in [5.41, 5.74) is 6.46. The highest BCUT2D eigenvalue weighted by Crippen LogP contribution is 2.27. The summed E-state index contributed by atoms with van der Waals surface area (Å²) in [7, 11) is 0. The zero-order valence-corrected chi connectivity index (χ0v) is 19.1. The summed E-state index contributed by atoms with van der Waals surface area (Å²) in [6.07, 6.45) is 16.7. The van der Waals surface area contributed by atoms with Crippen LogP contribution in [-0.2, 0) is 6.42 Å². The molecule has 0 radical (unpaired) electrons. The van der Waals surface area contributed by atoms with Gasteiger partial charge in [-0.15, -0.1) is 0 Å². The lowest BCUT2D eigenvalue weighted by Crippen LogP contribution is -2.05. The Morgan fingerprint density at radius 3 is 2.07 bits per heavy atom. The first-order chi connectivity index (χ1) is 14.8. The van der Waals surface area contributed by atoms with E-state index in [0.29, 0.717) is 0 Å². The summed E-state index contributed by atoms with van der Waals surface area (Å²) < 4.78 is 0. The van der Waals surface area contributed by atoms with Gasteiger partial charge in [-0.05, 0) is 72.4 Å². The molecule has 1 unspecified atom stereocenters. The molecular formula is C30H38. The van der Waals surface area contributed by atoms with E-state index < -0.39 is 0 Å². The maximum absolute atomic E-state index is 3.43. The van der Waals surface area contributed by atoms with Gasteiger partial charge in [0, 0.05) is 5.56 Å². The Hall–Kier alpha value is -2.26. The zero-order chi connectivity index (χ0) is 21.0. The van der Waals surface area contributed by atoms with Crippen LogP contribution >= 0.6 is 0 Å². The fourth-order valence-corrected chi connectivity index (χ4v) is 4.29. The third-order valence-electron chi connectivity index (χ3n) is 6.34. The van der Waals surface area contributed by atoms with Gasteiger partial charge in [0.2, 0.25) is 0 Å². The van der Waals surface area contributed by atoms with Crippen LogP contribution in [0.2, 0.25) is 0 Å². The van der Waals surface area contributed by atoms with Crippen molar-refractivity contribution in [3.8, 4) is 23.0 Å². The van der Waals surface area contributed by atoms with E-state index in [4.69, 9.17) is 0 Å². The fourth-order valence-electron chi connectivity index (χ4n) is 4.29. The smallest absolute Gasteiger partial charge is 0.0249 e. The largest absolute Gasteiger partial charge is 0.0726 e. The predicted octanol–water partition coefficient (Wildman–Crippen LogP) is 8.74. The summed E-state index contributed by atoms with van der Waals surface area (Å²) in [5.74, 6) is 7.70. The number of allylic oxidation sites excluding steroid dienone is 2. The molecule has 0 spiro atoms. The summed E-state index contributed by atoms with van der Waals surface area (Å²) in [6, 6.07) is 17.8. The van der Waals surface area contributed by atoms with Crippen molar-refractivity contribution in [2.24, 2.45) is 5.92 Å². The summed E-state index contributed by atoms with van der Waals surface area (Å²) >= 11 is 0. The fraction of sp³-hybridized carbons (Fsp3) is 0.467. The molecule has 3 rings (SSSR count). The molecule has 1 aliphatic rings. The Kier molecular flexibility index (Phi) is 9.30. The Balaban J connectivity index is 1.53. The molecule has 30 heavy (non-hydrogen) atoms. The first-order valence-electron chi connectivity index (χ1n) is 12.2. The lowest BCUT2D eigenvalue weighted by molar-refractivity contribution is 0.420. The van der Waals surface area contributed by atoms with E-state index in [1.54, 1.807) is 0 Å². The number of hydrogen-bond donors (Lipinski definition) is 0. The summed E-state index contributed by atoms with van der Waals surface area (Å²) in [4.78, 5) is 0. The molecule has 1 aliphatic carbocycles. The molecular weight excluding hydrogens is 360 g/mol. The minimum Gasteiger partial charge on any atom is -0.0726 e. The van der Waals surface area contributed by atoms with Gasteiger partial charge in [0.25, 0.3) is 0 Å². The highest BCUT2D eigenvalue weighted by molar-refractivity contribution is 5.64. The molecule has 0 aromatic heterocycles. The number of rotatable bonds is 9. The number of aryl methyl sites for hydroxylation is 1. The van der Waals surface area contributed by atoms with Gasteiger partial charge in [-0.25, -0.2) is 0 Å². The average Bonchev–Trinajstić information content (AvgIpc) is 2.80. The van der Waals surface area contributed by atoms with Gasteiger partial charge >= 0.3 is 0 Å². The van der Waals surface area contributed by atoms with Gasteiger partial charge in [0.15, 0.2) is 0 Å². The Morgan fingerprint density at radius 2 is 1.43 bits per heavy atom. The second-order valence-corrected chi connectivity index (χ2v) is 8.85. The van der Waals surface area contributed by atoms with Crippen LogP contribution in [0.1, 0.15) is 89.2 Å². The van der Waals surface area contributed by atoms with Crippen LogP contribution in [0.15, 0.2) is 60.2 Å². The van der Waals surface area contributed by atoms with Crippen molar-refractivity contribution in [2.45, 2.75) is 84.5 Å². The SMILES string of the molecule is CCCCCc1ccc(-c2ccc(C#CC3=CCC(CCCCC)CC3)cc2)cc1. The maximum atomic E-state index is 3.43. The van der Waals surface area contributed by atoms with E-state index in [0.717, 1.165) is 17.9 Å². The van der Waals surface area contributed by atoms with Crippen LogP contribution in [0.5, 0.6) is 0 Å². The molecule has 2 aromatic carbocycles. The van der Waals surface area contributed by atoms with E-state index in [9.17, 15) is 0 Å². The number of benzene rings is 2. The van der Waals surface area contributed by atoms with E-state index in [2.05, 4.69) is 80.3 Å². The second-order valence-electron chi connectivity index (χ2n) is 8.85. The molecule has 0 nitrogen and oxygen atoms in total. The molecule has 0 saturated heterocycles. The highest BCUT2D eigenvalue weighted by Gasteiger charge is 2.12. The number of hydrogen-bond acceptors (Lipinski definition) is 0. The second kappa shape index (κ2) is 12.4. The Labute approximate surface area is 184 Å². The van der Waals surface area contributed by atoms with Gasteiger partial charge in [-0.2, -0.15) is 0 Å². The van der Waals surface area contributed by atoms with Gasteiger partial charge in [0.05, 0.1) is 0 Å². The van der Waals surface area contributed by atoms with Crippen LogP contribution in [0.4, 0.5) is 0 Å². The van der Waals surface area contributed by atoms with Crippen molar-refractivity contribution in [3.05, 3.63) is 71.3 Å². The van der Waals surface area contributed by atoms with Crippen molar-refractivity contribution in [2.75, 3.05) is 0 Å². The molecule has 0 heterocycles. The minimum atomic E-state index is 0.888. The van der Waals surface area contributed by atoms with Crippen LogP contribution in [0.3, 0.4) is 0 Å². The molecule has 0 aliphatic heterocycles. The molecule has 0 bridgehead atoms. The Morgan fingerprint density at radius 1 is 0.767 bits per heavy atom. The maximum Gasteiger partial charge on any atom is 0.0249 e. The van der Waals surface area contributed by atoms with E-state index in [1.807, 2.05) is 0 Å². The van der Waals surface area contributed by atoms with Crippen LogP contribution in [0, 0.1) is 17.8 Å². The lowest BCUT2D eigenvalue weighted by Gasteiger charge is -2.19. The third kappa shape index (κ3) is 7.21. The molecule has 0 heteroatoms. The minimum absolute atomic E-state index is 0.888. The van der Waals surface area contributed by atoms with Crippen molar-refractivity contribution in [3.63, 3.8) is 0 Å². The first-order valence-corrected chi connectivity index (χ1v) is 12.2. The molecule has 0 fully saturated rings. The lowest BCUT2D eigenvalue weighted by atomic mass is 9.86. The van der Waals surface area contributed by atoms with Crippen LogP contribution < -0.4 is 0 Å². The van der Waals surface area contributed by atoms with E-state index in [-0.39, 0.29) is 0 Å². The summed E-state index contributed by atoms with van der Waals surface area (Å²) in [5, 5.41) is 0. The van der Waals surface area contributed by atoms with Gasteiger partial charge in [-0.1, -0.05) is 107 Å². The van der Waals surface area contributed by atoms with Crippen molar-refractivity contribution >= 4 is 0 Å². The zero-order valence-electron chi connectivity index (χ0n) is 19.1. The molecule has 158 valence electrons. The highest BCUT2D eigenvalue weighted by atomic mass is 14.2. The van der Waals surface area contributed by atoms with Crippen LogP contribution in [-0.4, -0.2) is 0 Å². The first kappa shape index (κ1) is 22.4. The topological polar surface area (TPSA) is 0 Å². The molecule has 1 atom stereocenters. The predicted molar refractivity (Wildman–Crippen MR) is 132 cm³/mol. The summed E-state index contributed by atoms with van der Waals surface area (Å²) in [6.45, 7) is 4.54. The van der Waals surface area contributed by atoms with E-state index >= 15 is 0 Å². The molecule has 2 aromatic rings. The van der Waals surface area contributed by atoms with Gasteiger partial charge < -0.3 is 0 Å². The van der Waals surface area contributed by atoms with E-state index in [1.165, 1.54) is 86.5 Å². The van der Waals surface area contributed by atoms with Crippen molar-refractivity contribution in [1.82, 2.24) is 0 Å². The molecule has 0 N–H and O–H groups in total. The quantitative estimate of drug-likeness (QED) is 0.292. The van der Waals surface area contributed by atoms with Crippen LogP contribution in [0.25, 0.3) is 11.1 Å².